The maximum absolute atomic E-state index is 14.1. The third-order valence-corrected chi connectivity index (χ3v) is 4.05. The van der Waals surface area contributed by atoms with Crippen molar-refractivity contribution < 1.29 is 58.8 Å². The van der Waals surface area contributed by atoms with E-state index in [2.05, 4.69) is 0 Å². The maximum Gasteiger partial charge on any atom is 0.323 e. The number of piperidine rings is 1. The molecule has 0 radical (unpaired) electrons. The molecule has 1 saturated heterocycles. The highest BCUT2D eigenvalue weighted by Gasteiger charge is 2.41. The van der Waals surface area contributed by atoms with Crippen molar-refractivity contribution in [3.63, 3.8) is 0 Å². The van der Waals surface area contributed by atoms with Crippen LogP contribution in [0.15, 0.2) is 12.1 Å². The summed E-state index contributed by atoms with van der Waals surface area (Å²) in [6, 6.07) is -11.1. The number of ether oxygens (including phenoxy) is 3. The van der Waals surface area contributed by atoms with Gasteiger partial charge in [-0.1, -0.05) is 27.4 Å². The Morgan fingerprint density at radius 1 is 1.43 bits per heavy atom. The standard InChI is InChI=1S/C24H38N2O4/c1-14(2)9-17-13-26-8-7-16-10-21(28-5)22(29-6)11-18(16)19(26)12-20(17)30-24(27)23(25)15(3)4/h10-11,14-15,17,19-20,23H,7-9,12-13,25H2,1-6H3/t17?,19?,20?,23-/m0/s1/i1D3,2D3,3D3,4D3,6D3,9D2,10D,11D,12D2,13D2,14D,15D,17D,19D,20D,23D. The Labute approximate surface area is 221 Å². The van der Waals surface area contributed by atoms with Gasteiger partial charge < -0.3 is 19.9 Å². The van der Waals surface area contributed by atoms with Crippen LogP contribution in [0, 0.1) is 17.7 Å². The molecule has 0 amide bonds. The average molecular weight is 448 g/mol. The van der Waals surface area contributed by atoms with E-state index in [4.69, 9.17) is 50.1 Å². The van der Waals surface area contributed by atoms with Crippen LogP contribution >= 0.6 is 0 Å². The van der Waals surface area contributed by atoms with Crippen LogP contribution in [0.1, 0.15) is 97.1 Å². The molecule has 2 N–H and O–H groups in total. The Morgan fingerprint density at radius 3 is 2.93 bits per heavy atom. The zero-order chi connectivity index (χ0) is 47.2. The Balaban J connectivity index is 2.76. The number of carbonyl (C=O) groups is 1. The molecule has 4 atom stereocenters. The molecule has 6 nitrogen and oxygen atoms in total. The van der Waals surface area contributed by atoms with Crippen molar-refractivity contribution in [3.8, 4) is 11.5 Å². The topological polar surface area (TPSA) is 74.0 Å². The van der Waals surface area contributed by atoms with Gasteiger partial charge in [-0.2, -0.15) is 0 Å². The molecule has 1 fully saturated rings. The number of esters is 1. The molecule has 0 spiro atoms. The van der Waals surface area contributed by atoms with E-state index >= 15 is 0 Å². The zero-order valence-corrected chi connectivity index (χ0v) is 15.6. The highest BCUT2D eigenvalue weighted by molar-refractivity contribution is 5.76. The second-order valence-electron chi connectivity index (χ2n) is 5.94. The van der Waals surface area contributed by atoms with Crippen molar-refractivity contribution in [2.75, 3.05) is 27.2 Å². The molecular weight excluding hydrogens is 380 g/mol. The summed E-state index contributed by atoms with van der Waals surface area (Å²) < 4.78 is 258. The summed E-state index contributed by atoms with van der Waals surface area (Å²) >= 11 is 0. The van der Waals surface area contributed by atoms with Gasteiger partial charge in [-0.05, 0) is 47.8 Å². The van der Waals surface area contributed by atoms with Crippen molar-refractivity contribution in [2.45, 2.75) is 64.7 Å². The summed E-state index contributed by atoms with van der Waals surface area (Å²) in [5.41, 5.74) is 3.58. The number of methoxy groups -OCH3 is 2. The third-order valence-electron chi connectivity index (χ3n) is 4.05. The van der Waals surface area contributed by atoms with Gasteiger partial charge in [0.25, 0.3) is 0 Å². The van der Waals surface area contributed by atoms with Crippen LogP contribution < -0.4 is 15.2 Å². The molecule has 2 heterocycles. The molecule has 3 unspecified atom stereocenters. The molecule has 3 rings (SSSR count). The summed E-state index contributed by atoms with van der Waals surface area (Å²) in [7, 11) is -2.64. The summed E-state index contributed by atoms with van der Waals surface area (Å²) in [6.45, 7) is -23.5. The van der Waals surface area contributed by atoms with Gasteiger partial charge in [-0.15, -0.1) is 0 Å². The van der Waals surface area contributed by atoms with Crippen molar-refractivity contribution >= 4 is 5.97 Å². The van der Waals surface area contributed by atoms with E-state index in [1.54, 1.807) is 0 Å². The minimum Gasteiger partial charge on any atom is -0.493 e. The molecule has 2 aliphatic heterocycles. The van der Waals surface area contributed by atoms with Gasteiger partial charge >= 0.3 is 5.97 Å². The second-order valence-corrected chi connectivity index (χ2v) is 5.94. The van der Waals surface area contributed by atoms with E-state index < -0.39 is 143 Å². The van der Waals surface area contributed by atoms with E-state index in [1.807, 2.05) is 0 Å². The lowest BCUT2D eigenvalue weighted by atomic mass is 9.79. The number of hydrogen-bond acceptors (Lipinski definition) is 6. The van der Waals surface area contributed by atoms with Gasteiger partial charge in [-0.3, -0.25) is 9.69 Å². The largest absolute Gasteiger partial charge is 0.493 e. The van der Waals surface area contributed by atoms with Gasteiger partial charge in [0, 0.05) is 60.1 Å². The van der Waals surface area contributed by atoms with Gasteiger partial charge in [-0.25, -0.2) is 0 Å². The predicted octanol–water partition coefficient (Wildman–Crippen LogP) is 3.56. The van der Waals surface area contributed by atoms with E-state index in [0.717, 1.165) is 7.11 Å². The van der Waals surface area contributed by atoms with E-state index in [-0.39, 0.29) is 4.90 Å². The lowest BCUT2D eigenvalue weighted by Crippen LogP contribution is -2.51. The first-order valence-corrected chi connectivity index (χ1v) is 8.29. The summed E-state index contributed by atoms with van der Waals surface area (Å²) in [5, 5.41) is 0. The number of fused-ring (bicyclic) bond motifs is 3. The number of hydrogen-bond donors (Lipinski definition) is 1. The molecule has 0 saturated carbocycles. The van der Waals surface area contributed by atoms with Crippen LogP contribution in [0.3, 0.4) is 0 Å². The van der Waals surface area contributed by atoms with Crippen molar-refractivity contribution in [1.82, 2.24) is 4.90 Å². The highest BCUT2D eigenvalue weighted by atomic mass is 16.5. The number of benzene rings is 1. The molecule has 30 heavy (non-hydrogen) atoms. The molecule has 2 aliphatic rings. The van der Waals surface area contributed by atoms with Crippen LogP contribution in [0.25, 0.3) is 0 Å². The van der Waals surface area contributed by atoms with E-state index in [0.29, 0.717) is 0 Å². The Hall–Kier alpha value is -1.79. The van der Waals surface area contributed by atoms with Gasteiger partial charge in [0.05, 0.1) is 25.1 Å². The predicted molar refractivity (Wildman–Crippen MR) is 118 cm³/mol. The number of rotatable bonds is 7. The van der Waals surface area contributed by atoms with Crippen molar-refractivity contribution in [2.24, 2.45) is 23.4 Å². The van der Waals surface area contributed by atoms with Crippen molar-refractivity contribution in [3.05, 3.63) is 23.2 Å². The van der Waals surface area contributed by atoms with Gasteiger partial charge in [0.15, 0.2) is 11.5 Å². The zero-order valence-electron chi connectivity index (χ0n) is 44.6. The van der Waals surface area contributed by atoms with Crippen LogP contribution in [-0.2, 0) is 16.0 Å². The lowest BCUT2D eigenvalue weighted by molar-refractivity contribution is -0.160. The van der Waals surface area contributed by atoms with Crippen LogP contribution in [-0.4, -0.2) is 50.2 Å². The van der Waals surface area contributed by atoms with Crippen LogP contribution in [0.5, 0.6) is 11.5 Å². The Morgan fingerprint density at radius 2 is 2.23 bits per heavy atom. The fraction of sp³-hybridized carbons (Fsp3) is 0.708. The molecule has 1 aromatic carbocycles. The second kappa shape index (κ2) is 9.56. The quantitative estimate of drug-likeness (QED) is 0.644. The smallest absolute Gasteiger partial charge is 0.323 e. The third kappa shape index (κ3) is 4.75. The highest BCUT2D eigenvalue weighted by Crippen LogP contribution is 2.44. The van der Waals surface area contributed by atoms with E-state index in [1.165, 1.54) is 0 Å². The van der Waals surface area contributed by atoms with Gasteiger partial charge in [0.2, 0.25) is 0 Å². The Kier molecular flexibility index (Phi) is 1.90. The first kappa shape index (κ1) is 5.96. The van der Waals surface area contributed by atoms with Gasteiger partial charge in [0.1, 0.15) is 12.1 Å². The molecule has 1 aromatic rings. The molecule has 6 heteroatoms. The average Bonchev–Trinajstić information content (AvgIpc) is 3.01. The molecular formula is C24H38N2O4. The first-order valence-electron chi connectivity index (χ1n) is 22.8. The fourth-order valence-electron chi connectivity index (χ4n) is 2.71. The van der Waals surface area contributed by atoms with E-state index in [9.17, 15) is 14.4 Å². The first-order chi connectivity index (χ1) is 25.6. The number of nitrogens with two attached hydrogens (primary N) is 1. The summed E-state index contributed by atoms with van der Waals surface area (Å²) in [4.78, 5) is 13.9. The number of nitrogens with zero attached hydrogens (tertiary/aromatic N) is 1. The monoisotopic (exact) mass is 447 g/mol. The number of carbonyl (C=O) groups excluding carboxylic acids is 1. The lowest BCUT2D eigenvalue weighted by Gasteiger charge is -2.47. The molecule has 0 aliphatic carbocycles. The molecule has 168 valence electrons. The summed E-state index contributed by atoms with van der Waals surface area (Å²) in [6.07, 6.45) is -16.0. The molecule has 0 aromatic heterocycles. The SMILES string of the molecule is [2H]c1c2c(c([2H])c(OC([2H])([2H])[2H])c1OC)C1([2H])N(CC2)C([2H])([2H])C([2H])(C([2H])([2H])C([2H])(C([2H])([2H])[2H])C([2H])([2H])[2H])C([2H])(OC(=O)[C@@]([2H])(N)C([2H])(C([2H])([2H])[2H])C([2H])([2H])[2H])C1([2H])[2H]. The summed E-state index contributed by atoms with van der Waals surface area (Å²) in [5.74, 6) is -19.7. The molecule has 0 bridgehead atoms. The van der Waals surface area contributed by atoms with Crippen LogP contribution in [0.4, 0.5) is 0 Å². The van der Waals surface area contributed by atoms with Crippen molar-refractivity contribution in [1.29, 1.82) is 0 Å². The maximum atomic E-state index is 14.1. The minimum absolute atomic E-state index is 0.174. The van der Waals surface area contributed by atoms with Crippen LogP contribution in [0.2, 0.25) is 0 Å². The fourth-order valence-corrected chi connectivity index (χ4v) is 2.71. The minimum atomic E-state index is -5.24. The Bertz CT molecular complexity index is 1820. The normalized spacial score (nSPS) is 54.1.